The van der Waals surface area contributed by atoms with Crippen LogP contribution in [0.2, 0.25) is 0 Å². The first kappa shape index (κ1) is 23.6. The fourth-order valence-corrected chi connectivity index (χ4v) is 5.48. The van der Waals surface area contributed by atoms with Crippen molar-refractivity contribution in [2.24, 2.45) is 0 Å². The predicted octanol–water partition coefficient (Wildman–Crippen LogP) is 5.22. The normalized spacial score (nSPS) is 11.2. The van der Waals surface area contributed by atoms with Gasteiger partial charge >= 0.3 is 0 Å². The SMILES string of the molecule is COc1ccccc1NC(=O)CSc1oc(-c2ccccc2)nc1S(=O)(=O)c1ccc(C)cc1. The number of ether oxygens (including phenoxy) is 1. The highest BCUT2D eigenvalue weighted by Gasteiger charge is 2.29. The third-order valence-electron chi connectivity index (χ3n) is 4.89. The lowest BCUT2D eigenvalue weighted by atomic mass is 10.2. The van der Waals surface area contributed by atoms with Crippen LogP contribution in [0.5, 0.6) is 5.75 Å². The largest absolute Gasteiger partial charge is 0.495 e. The Balaban J connectivity index is 1.63. The van der Waals surface area contributed by atoms with Crippen LogP contribution in [0.25, 0.3) is 11.5 Å². The number of para-hydroxylation sites is 2. The highest BCUT2D eigenvalue weighted by atomic mass is 32.2. The minimum absolute atomic E-state index is 0.0506. The zero-order valence-corrected chi connectivity index (χ0v) is 20.2. The third-order valence-corrected chi connectivity index (χ3v) is 7.64. The van der Waals surface area contributed by atoms with E-state index in [2.05, 4.69) is 10.3 Å². The summed E-state index contributed by atoms with van der Waals surface area (Å²) in [4.78, 5) is 17.0. The second kappa shape index (κ2) is 10.1. The van der Waals surface area contributed by atoms with Gasteiger partial charge in [0.1, 0.15) is 5.75 Å². The highest BCUT2D eigenvalue weighted by Crippen LogP contribution is 2.35. The molecule has 0 spiro atoms. The Labute approximate surface area is 202 Å². The van der Waals surface area contributed by atoms with Gasteiger partial charge in [-0.1, -0.05) is 59.8 Å². The number of sulfone groups is 1. The number of oxazole rings is 1. The van der Waals surface area contributed by atoms with E-state index in [1.165, 1.54) is 19.2 Å². The molecule has 0 saturated heterocycles. The number of anilines is 1. The maximum Gasteiger partial charge on any atom is 0.234 e. The number of aromatic nitrogens is 1. The average Bonchev–Trinajstić information content (AvgIpc) is 3.29. The first-order valence-corrected chi connectivity index (χ1v) is 12.8. The predicted molar refractivity (Wildman–Crippen MR) is 131 cm³/mol. The summed E-state index contributed by atoms with van der Waals surface area (Å²) in [5, 5.41) is 2.60. The zero-order chi connectivity index (χ0) is 24.1. The molecule has 174 valence electrons. The molecule has 9 heteroatoms. The van der Waals surface area contributed by atoms with Crippen molar-refractivity contribution in [3.8, 4) is 17.2 Å². The molecule has 7 nitrogen and oxygen atoms in total. The van der Waals surface area contributed by atoms with E-state index in [4.69, 9.17) is 9.15 Å². The van der Waals surface area contributed by atoms with Gasteiger partial charge in [0.15, 0.2) is 0 Å². The fraction of sp³-hybridized carbons (Fsp3) is 0.120. The molecule has 3 aromatic carbocycles. The molecule has 34 heavy (non-hydrogen) atoms. The molecule has 1 N–H and O–H groups in total. The summed E-state index contributed by atoms with van der Waals surface area (Å²) >= 11 is 0.967. The number of carbonyl (C=O) groups excluding carboxylic acids is 1. The first-order valence-electron chi connectivity index (χ1n) is 10.3. The molecule has 0 atom stereocenters. The van der Waals surface area contributed by atoms with Gasteiger partial charge < -0.3 is 14.5 Å². The number of nitrogens with one attached hydrogen (secondary N) is 1. The summed E-state index contributed by atoms with van der Waals surface area (Å²) < 4.78 is 37.9. The Morgan fingerprint density at radius 3 is 2.38 bits per heavy atom. The lowest BCUT2D eigenvalue weighted by Gasteiger charge is -2.09. The molecule has 0 saturated carbocycles. The molecule has 0 aliphatic carbocycles. The van der Waals surface area contributed by atoms with Crippen LogP contribution in [0.15, 0.2) is 98.3 Å². The number of amides is 1. The van der Waals surface area contributed by atoms with E-state index >= 15 is 0 Å². The van der Waals surface area contributed by atoms with Gasteiger partial charge in [0, 0.05) is 5.56 Å². The molecule has 0 aliphatic rings. The van der Waals surface area contributed by atoms with Crippen molar-refractivity contribution in [1.29, 1.82) is 0 Å². The van der Waals surface area contributed by atoms with Crippen LogP contribution in [0, 0.1) is 6.92 Å². The van der Waals surface area contributed by atoms with Crippen molar-refractivity contribution in [1.82, 2.24) is 4.98 Å². The van der Waals surface area contributed by atoms with E-state index in [1.807, 2.05) is 13.0 Å². The molecule has 0 unspecified atom stereocenters. The molecule has 0 bridgehead atoms. The van der Waals surface area contributed by atoms with Crippen molar-refractivity contribution in [3.63, 3.8) is 0 Å². The van der Waals surface area contributed by atoms with E-state index in [0.717, 1.165) is 17.3 Å². The number of hydrogen-bond acceptors (Lipinski definition) is 7. The maximum atomic E-state index is 13.4. The van der Waals surface area contributed by atoms with Gasteiger partial charge in [-0.3, -0.25) is 4.79 Å². The number of rotatable bonds is 8. The quantitative estimate of drug-likeness (QED) is 0.335. The number of carbonyl (C=O) groups is 1. The molecule has 0 fully saturated rings. The maximum absolute atomic E-state index is 13.4. The molecule has 4 rings (SSSR count). The van der Waals surface area contributed by atoms with Gasteiger partial charge in [-0.25, -0.2) is 8.42 Å². The van der Waals surface area contributed by atoms with Crippen LogP contribution in [0.4, 0.5) is 5.69 Å². The van der Waals surface area contributed by atoms with Crippen LogP contribution in [0.3, 0.4) is 0 Å². The standard InChI is InChI=1S/C25H22N2O5S2/c1-17-12-14-19(15-13-17)34(29,30)24-25(32-23(27-24)18-8-4-3-5-9-18)33-16-22(28)26-20-10-6-7-11-21(20)31-2/h3-15H,16H2,1-2H3,(H,26,28). The van der Waals surface area contributed by atoms with E-state index in [0.29, 0.717) is 17.0 Å². The van der Waals surface area contributed by atoms with Crippen molar-refractivity contribution < 1.29 is 22.4 Å². The van der Waals surface area contributed by atoms with E-state index in [-0.39, 0.29) is 32.6 Å². The number of methoxy groups -OCH3 is 1. The van der Waals surface area contributed by atoms with Crippen molar-refractivity contribution in [2.45, 2.75) is 21.9 Å². The minimum atomic E-state index is -3.97. The van der Waals surface area contributed by atoms with Crippen LogP contribution in [0.1, 0.15) is 5.56 Å². The topological polar surface area (TPSA) is 98.5 Å². The molecular weight excluding hydrogens is 472 g/mol. The lowest BCUT2D eigenvalue weighted by molar-refractivity contribution is -0.113. The molecule has 0 radical (unpaired) electrons. The molecule has 4 aromatic rings. The average molecular weight is 495 g/mol. The fourth-order valence-electron chi connectivity index (χ4n) is 3.15. The molecule has 1 heterocycles. The first-order chi connectivity index (χ1) is 16.4. The molecule has 0 aliphatic heterocycles. The number of hydrogen-bond donors (Lipinski definition) is 1. The van der Waals surface area contributed by atoms with Gasteiger partial charge in [-0.15, -0.1) is 0 Å². The monoisotopic (exact) mass is 494 g/mol. The van der Waals surface area contributed by atoms with Crippen LogP contribution < -0.4 is 10.1 Å². The smallest absolute Gasteiger partial charge is 0.234 e. The van der Waals surface area contributed by atoms with Crippen LogP contribution in [-0.2, 0) is 14.6 Å². The third kappa shape index (κ3) is 5.16. The highest BCUT2D eigenvalue weighted by molar-refractivity contribution is 8.00. The summed E-state index contributed by atoms with van der Waals surface area (Å²) in [5.41, 5.74) is 2.09. The summed E-state index contributed by atoms with van der Waals surface area (Å²) in [5.74, 6) is 0.261. The number of benzene rings is 3. The number of nitrogens with zero attached hydrogens (tertiary/aromatic N) is 1. The Kier molecular flexibility index (Phi) is 7.04. The summed E-state index contributed by atoms with van der Waals surface area (Å²) in [6, 6.07) is 22.5. The van der Waals surface area contributed by atoms with Crippen molar-refractivity contribution in [2.75, 3.05) is 18.2 Å². The van der Waals surface area contributed by atoms with Gasteiger partial charge in [0.05, 0.1) is 23.4 Å². The summed E-state index contributed by atoms with van der Waals surface area (Å²) in [7, 11) is -2.45. The Bertz CT molecular complexity index is 1400. The van der Waals surface area contributed by atoms with Gasteiger partial charge in [-0.2, -0.15) is 4.98 Å². The summed E-state index contributed by atoms with van der Waals surface area (Å²) in [6.07, 6.45) is 0. The number of aryl methyl sites for hydroxylation is 1. The van der Waals surface area contributed by atoms with Crippen LogP contribution in [-0.4, -0.2) is 32.2 Å². The molecular formula is C25H22N2O5S2. The Morgan fingerprint density at radius 2 is 1.68 bits per heavy atom. The van der Waals surface area contributed by atoms with E-state index < -0.39 is 9.84 Å². The van der Waals surface area contributed by atoms with Gasteiger partial charge in [0.25, 0.3) is 0 Å². The van der Waals surface area contributed by atoms with Gasteiger partial charge in [-0.05, 0) is 43.3 Å². The zero-order valence-electron chi connectivity index (χ0n) is 18.5. The Morgan fingerprint density at radius 1 is 1.00 bits per heavy atom. The summed E-state index contributed by atoms with van der Waals surface area (Å²) in [6.45, 7) is 1.88. The van der Waals surface area contributed by atoms with E-state index in [9.17, 15) is 13.2 Å². The van der Waals surface area contributed by atoms with Gasteiger partial charge in [0.2, 0.25) is 31.8 Å². The lowest BCUT2D eigenvalue weighted by Crippen LogP contribution is -2.15. The van der Waals surface area contributed by atoms with Crippen molar-refractivity contribution >= 4 is 33.2 Å². The minimum Gasteiger partial charge on any atom is -0.495 e. The van der Waals surface area contributed by atoms with E-state index in [1.54, 1.807) is 60.7 Å². The second-order valence-corrected chi connectivity index (χ2v) is 10.1. The number of thioether (sulfide) groups is 1. The van der Waals surface area contributed by atoms with Crippen molar-refractivity contribution in [3.05, 3.63) is 84.4 Å². The molecule has 1 aromatic heterocycles. The Hall–Kier alpha value is -3.56. The van der Waals surface area contributed by atoms with Crippen LogP contribution >= 0.6 is 11.8 Å². The molecule has 1 amide bonds. The second-order valence-electron chi connectivity index (χ2n) is 7.33.